The smallest absolute Gasteiger partial charge is 0.255 e. The van der Waals surface area contributed by atoms with Crippen LogP contribution in [-0.4, -0.2) is 17.5 Å². The number of pyridine rings is 1. The number of carbonyl (C=O) groups excluding carboxylic acids is 1. The third-order valence-electron chi connectivity index (χ3n) is 2.73. The van der Waals surface area contributed by atoms with E-state index in [1.165, 1.54) is 0 Å². The Morgan fingerprint density at radius 3 is 2.68 bits per heavy atom. The fraction of sp³-hybridized carbons (Fsp3) is 0.133. The van der Waals surface area contributed by atoms with Crippen molar-refractivity contribution in [3.8, 4) is 11.8 Å². The number of nitriles is 1. The molecule has 0 saturated carbocycles. The molecule has 6 nitrogen and oxygen atoms in total. The van der Waals surface area contributed by atoms with Gasteiger partial charge in [-0.3, -0.25) is 4.79 Å². The number of aromatic nitrogens is 1. The minimum atomic E-state index is -0.521. The van der Waals surface area contributed by atoms with E-state index in [4.69, 9.17) is 27.3 Å². The lowest BCUT2D eigenvalue weighted by atomic mass is 10.2. The number of anilines is 1. The van der Waals surface area contributed by atoms with E-state index >= 15 is 0 Å². The first-order valence-corrected chi connectivity index (χ1v) is 6.77. The third-order valence-corrected chi connectivity index (χ3v) is 3.03. The van der Waals surface area contributed by atoms with Gasteiger partial charge in [-0.05, 0) is 29.8 Å². The van der Waals surface area contributed by atoms with Gasteiger partial charge in [0.1, 0.15) is 17.6 Å². The summed E-state index contributed by atoms with van der Waals surface area (Å²) in [6.45, 7) is 0.374. The van der Waals surface area contributed by atoms with Crippen LogP contribution in [0.4, 0.5) is 5.82 Å². The highest BCUT2D eigenvalue weighted by atomic mass is 35.5. The van der Waals surface area contributed by atoms with E-state index in [0.29, 0.717) is 23.1 Å². The van der Waals surface area contributed by atoms with Crippen LogP contribution < -0.4 is 15.8 Å². The lowest BCUT2D eigenvalue weighted by Crippen LogP contribution is -2.19. The van der Waals surface area contributed by atoms with Gasteiger partial charge in [-0.25, -0.2) is 4.98 Å². The fourth-order valence-corrected chi connectivity index (χ4v) is 1.82. The second-order valence-corrected chi connectivity index (χ2v) is 4.80. The number of carbonyl (C=O) groups is 1. The molecule has 3 N–H and O–H groups in total. The molecule has 0 aliphatic heterocycles. The average molecular weight is 317 g/mol. The molecule has 0 spiro atoms. The van der Waals surface area contributed by atoms with Crippen LogP contribution in [0.5, 0.6) is 5.75 Å². The zero-order chi connectivity index (χ0) is 15.9. The van der Waals surface area contributed by atoms with Crippen molar-refractivity contribution in [2.24, 2.45) is 5.73 Å². The van der Waals surface area contributed by atoms with Gasteiger partial charge in [0, 0.05) is 6.54 Å². The highest BCUT2D eigenvalue weighted by Gasteiger charge is 2.03. The molecule has 0 bridgehead atoms. The van der Waals surface area contributed by atoms with E-state index in [1.807, 2.05) is 18.2 Å². The van der Waals surface area contributed by atoms with Crippen LogP contribution in [0.3, 0.4) is 0 Å². The fourth-order valence-electron chi connectivity index (χ4n) is 1.67. The van der Waals surface area contributed by atoms with Crippen molar-refractivity contribution in [1.29, 1.82) is 5.26 Å². The Morgan fingerprint density at radius 1 is 1.32 bits per heavy atom. The van der Waals surface area contributed by atoms with Gasteiger partial charge in [0.25, 0.3) is 5.91 Å². The number of halogens is 1. The molecule has 0 saturated heterocycles. The zero-order valence-electron chi connectivity index (χ0n) is 11.5. The molecule has 0 fully saturated rings. The number of primary amides is 1. The molecule has 1 amide bonds. The molecule has 1 heterocycles. The van der Waals surface area contributed by atoms with Gasteiger partial charge in [0.2, 0.25) is 0 Å². The summed E-state index contributed by atoms with van der Waals surface area (Å²) < 4.78 is 5.17. The first-order chi connectivity index (χ1) is 10.6. The average Bonchev–Trinajstić information content (AvgIpc) is 2.53. The minimum Gasteiger partial charge on any atom is -0.484 e. The molecule has 1 aromatic heterocycles. The van der Waals surface area contributed by atoms with E-state index in [9.17, 15) is 4.79 Å². The molecule has 112 valence electrons. The quantitative estimate of drug-likeness (QED) is 0.849. The Morgan fingerprint density at radius 2 is 2.05 bits per heavy atom. The van der Waals surface area contributed by atoms with E-state index in [1.54, 1.807) is 24.3 Å². The SMILES string of the molecule is N#Cc1nc(NCc2ccc(OCC(N)=O)cc2)ccc1Cl. The second kappa shape index (κ2) is 7.29. The van der Waals surface area contributed by atoms with Crippen molar-refractivity contribution < 1.29 is 9.53 Å². The summed E-state index contributed by atoms with van der Waals surface area (Å²) in [5.41, 5.74) is 6.17. The molecule has 7 heteroatoms. The first kappa shape index (κ1) is 15.6. The van der Waals surface area contributed by atoms with Crippen molar-refractivity contribution in [2.75, 3.05) is 11.9 Å². The van der Waals surface area contributed by atoms with Crippen LogP contribution in [0.2, 0.25) is 5.02 Å². The Kier molecular flexibility index (Phi) is 5.17. The Bertz CT molecular complexity index is 710. The number of ether oxygens (including phenoxy) is 1. The van der Waals surface area contributed by atoms with Crippen molar-refractivity contribution in [1.82, 2.24) is 4.98 Å². The maximum atomic E-state index is 10.6. The number of nitrogens with two attached hydrogens (primary N) is 1. The number of nitrogens with zero attached hydrogens (tertiary/aromatic N) is 2. The van der Waals surface area contributed by atoms with Gasteiger partial charge in [-0.15, -0.1) is 0 Å². The topological polar surface area (TPSA) is 101 Å². The number of hydrogen-bond acceptors (Lipinski definition) is 5. The Labute approximate surface area is 132 Å². The van der Waals surface area contributed by atoms with Crippen molar-refractivity contribution in [3.05, 3.63) is 52.7 Å². The van der Waals surface area contributed by atoms with Gasteiger partial charge >= 0.3 is 0 Å². The first-order valence-electron chi connectivity index (χ1n) is 6.39. The zero-order valence-corrected chi connectivity index (χ0v) is 12.3. The van der Waals surface area contributed by atoms with Crippen LogP contribution >= 0.6 is 11.6 Å². The number of rotatable bonds is 6. The third kappa shape index (κ3) is 4.36. The molecular formula is C15H13ClN4O2. The molecular weight excluding hydrogens is 304 g/mol. The largest absolute Gasteiger partial charge is 0.484 e. The summed E-state index contributed by atoms with van der Waals surface area (Å²) in [5.74, 6) is 0.613. The number of nitrogens with one attached hydrogen (secondary N) is 1. The van der Waals surface area contributed by atoms with E-state index in [0.717, 1.165) is 5.56 Å². The normalized spacial score (nSPS) is 9.82. The van der Waals surface area contributed by atoms with Crippen LogP contribution in [0.25, 0.3) is 0 Å². The minimum absolute atomic E-state index is 0.150. The predicted molar refractivity (Wildman–Crippen MR) is 82.4 cm³/mol. The van der Waals surface area contributed by atoms with Crippen LogP contribution in [0.15, 0.2) is 36.4 Å². The highest BCUT2D eigenvalue weighted by molar-refractivity contribution is 6.31. The van der Waals surface area contributed by atoms with Gasteiger partial charge in [-0.1, -0.05) is 23.7 Å². The van der Waals surface area contributed by atoms with Gasteiger partial charge in [0.15, 0.2) is 12.3 Å². The number of hydrogen-bond donors (Lipinski definition) is 2. The van der Waals surface area contributed by atoms with E-state index < -0.39 is 5.91 Å². The number of amides is 1. The maximum absolute atomic E-state index is 10.6. The summed E-state index contributed by atoms with van der Waals surface area (Å²) in [5, 5.41) is 12.3. The molecule has 0 radical (unpaired) electrons. The van der Waals surface area contributed by atoms with Crippen LogP contribution in [0, 0.1) is 11.3 Å². The van der Waals surface area contributed by atoms with E-state index in [-0.39, 0.29) is 12.3 Å². The van der Waals surface area contributed by atoms with Crippen LogP contribution in [-0.2, 0) is 11.3 Å². The molecule has 2 aromatic rings. The Balaban J connectivity index is 1.94. The van der Waals surface area contributed by atoms with E-state index in [2.05, 4.69) is 10.3 Å². The number of benzene rings is 1. The monoisotopic (exact) mass is 316 g/mol. The summed E-state index contributed by atoms with van der Waals surface area (Å²) in [6, 6.07) is 12.4. The second-order valence-electron chi connectivity index (χ2n) is 4.39. The molecule has 0 atom stereocenters. The lowest BCUT2D eigenvalue weighted by molar-refractivity contribution is -0.119. The Hall–Kier alpha value is -2.78. The van der Waals surface area contributed by atoms with Crippen molar-refractivity contribution >= 4 is 23.3 Å². The molecule has 0 unspecified atom stereocenters. The molecule has 22 heavy (non-hydrogen) atoms. The highest BCUT2D eigenvalue weighted by Crippen LogP contribution is 2.17. The molecule has 0 aliphatic rings. The molecule has 0 aliphatic carbocycles. The maximum Gasteiger partial charge on any atom is 0.255 e. The summed E-state index contributed by atoms with van der Waals surface area (Å²) in [4.78, 5) is 14.7. The summed E-state index contributed by atoms with van der Waals surface area (Å²) in [7, 11) is 0. The molecule has 1 aromatic carbocycles. The van der Waals surface area contributed by atoms with Crippen molar-refractivity contribution in [2.45, 2.75) is 6.54 Å². The lowest BCUT2D eigenvalue weighted by Gasteiger charge is -2.08. The summed E-state index contributed by atoms with van der Waals surface area (Å²) in [6.07, 6.45) is 0. The summed E-state index contributed by atoms with van der Waals surface area (Å²) >= 11 is 5.82. The predicted octanol–water partition coefficient (Wildman–Crippen LogP) is 2.08. The molecule has 2 rings (SSSR count). The van der Waals surface area contributed by atoms with Gasteiger partial charge < -0.3 is 15.8 Å². The van der Waals surface area contributed by atoms with Gasteiger partial charge in [0.05, 0.1) is 5.02 Å². The van der Waals surface area contributed by atoms with Gasteiger partial charge in [-0.2, -0.15) is 5.26 Å². The van der Waals surface area contributed by atoms with Crippen molar-refractivity contribution in [3.63, 3.8) is 0 Å². The standard InChI is InChI=1S/C15H13ClN4O2/c16-12-5-6-15(20-13(12)7-17)19-8-10-1-3-11(4-2-10)22-9-14(18)21/h1-6H,8-9H2,(H2,18,21)(H,19,20). The van der Waals surface area contributed by atoms with Crippen LogP contribution in [0.1, 0.15) is 11.3 Å².